The van der Waals surface area contributed by atoms with Gasteiger partial charge in [-0.25, -0.2) is 12.8 Å². The fourth-order valence-electron chi connectivity index (χ4n) is 3.66. The number of anilines is 1. The van der Waals surface area contributed by atoms with Gasteiger partial charge in [-0.05, 0) is 47.9 Å². The van der Waals surface area contributed by atoms with Gasteiger partial charge in [-0.15, -0.1) is 0 Å². The van der Waals surface area contributed by atoms with E-state index in [1.807, 2.05) is 24.4 Å². The second kappa shape index (κ2) is 9.09. The van der Waals surface area contributed by atoms with Gasteiger partial charge < -0.3 is 15.2 Å². The zero-order chi connectivity index (χ0) is 22.7. The molecule has 0 saturated carbocycles. The Hall–Kier alpha value is -3.24. The average Bonchev–Trinajstić information content (AvgIpc) is 3.26. The van der Waals surface area contributed by atoms with Crippen LogP contribution < -0.4 is 5.32 Å². The molecule has 0 radical (unpaired) electrons. The van der Waals surface area contributed by atoms with E-state index in [-0.39, 0.29) is 55.7 Å². The lowest BCUT2D eigenvalue weighted by atomic mass is 10.2. The van der Waals surface area contributed by atoms with Crippen LogP contribution in [0.3, 0.4) is 0 Å². The number of hydrogen-bond acceptors (Lipinski definition) is 4. The van der Waals surface area contributed by atoms with Gasteiger partial charge in [0.1, 0.15) is 5.82 Å². The molecule has 2 amide bonds. The summed E-state index contributed by atoms with van der Waals surface area (Å²) in [7, 11) is -3.74. The van der Waals surface area contributed by atoms with Gasteiger partial charge in [0.15, 0.2) is 0 Å². The Bertz CT molecular complexity index is 1230. The highest BCUT2D eigenvalue weighted by Crippen LogP contribution is 2.20. The second-order valence-corrected chi connectivity index (χ2v) is 9.50. The number of halogens is 1. The Labute approximate surface area is 185 Å². The largest absolute Gasteiger partial charge is 0.361 e. The highest BCUT2D eigenvalue weighted by molar-refractivity contribution is 7.89. The van der Waals surface area contributed by atoms with Crippen molar-refractivity contribution in [2.45, 2.75) is 17.7 Å². The first-order valence-corrected chi connectivity index (χ1v) is 11.7. The molecule has 0 bridgehead atoms. The molecule has 0 atom stereocenters. The number of piperazine rings is 1. The fourth-order valence-corrected chi connectivity index (χ4v) is 5.08. The van der Waals surface area contributed by atoms with Crippen LogP contribution in [-0.2, 0) is 19.6 Å². The summed E-state index contributed by atoms with van der Waals surface area (Å²) in [5.41, 5.74) is 1.56. The van der Waals surface area contributed by atoms with Crippen molar-refractivity contribution in [1.82, 2.24) is 14.2 Å². The molecule has 10 heteroatoms. The summed E-state index contributed by atoms with van der Waals surface area (Å²) in [5, 5.41) is 3.83. The molecule has 168 valence electrons. The molecular weight excluding hydrogens is 435 g/mol. The van der Waals surface area contributed by atoms with Crippen molar-refractivity contribution >= 4 is 38.4 Å². The van der Waals surface area contributed by atoms with Crippen LogP contribution in [0.2, 0.25) is 0 Å². The molecule has 1 aromatic heterocycles. The van der Waals surface area contributed by atoms with Gasteiger partial charge in [0.25, 0.3) is 0 Å². The van der Waals surface area contributed by atoms with Crippen molar-refractivity contribution in [3.63, 3.8) is 0 Å². The lowest BCUT2D eigenvalue weighted by Gasteiger charge is -2.34. The smallest absolute Gasteiger partial charge is 0.243 e. The summed E-state index contributed by atoms with van der Waals surface area (Å²) in [5.74, 6) is -0.964. The number of hydrogen-bond donors (Lipinski definition) is 2. The van der Waals surface area contributed by atoms with E-state index in [1.165, 1.54) is 16.4 Å². The van der Waals surface area contributed by atoms with E-state index < -0.39 is 15.8 Å². The molecule has 0 aliphatic carbocycles. The van der Waals surface area contributed by atoms with Gasteiger partial charge >= 0.3 is 0 Å². The lowest BCUT2D eigenvalue weighted by Crippen LogP contribution is -2.50. The molecular formula is C22H23FN4O4S. The van der Waals surface area contributed by atoms with Crippen LogP contribution in [-0.4, -0.2) is 60.6 Å². The molecule has 4 rings (SSSR count). The topological polar surface area (TPSA) is 103 Å². The minimum absolute atomic E-state index is 0.0212. The number of benzene rings is 2. The van der Waals surface area contributed by atoms with Crippen molar-refractivity contribution < 1.29 is 22.4 Å². The SMILES string of the molecule is O=C(CCC(=O)N1CCN(S(=O)(=O)c2ccc(F)cc2)CC1)Nc1ccc2cc[nH]c2c1. The third-order valence-corrected chi connectivity index (χ3v) is 7.36. The molecule has 0 unspecified atom stereocenters. The molecule has 2 N–H and O–H groups in total. The molecule has 1 fully saturated rings. The van der Waals surface area contributed by atoms with Gasteiger partial charge in [-0.1, -0.05) is 6.07 Å². The van der Waals surface area contributed by atoms with Gasteiger partial charge in [-0.3, -0.25) is 9.59 Å². The quantitative estimate of drug-likeness (QED) is 0.593. The van der Waals surface area contributed by atoms with Crippen molar-refractivity contribution in [3.8, 4) is 0 Å². The zero-order valence-electron chi connectivity index (χ0n) is 17.3. The number of nitrogens with zero attached hydrogens (tertiary/aromatic N) is 2. The van der Waals surface area contributed by atoms with Crippen molar-refractivity contribution in [3.05, 3.63) is 60.5 Å². The molecule has 3 aromatic rings. The normalized spacial score (nSPS) is 15.1. The highest BCUT2D eigenvalue weighted by Gasteiger charge is 2.30. The third-order valence-electron chi connectivity index (χ3n) is 5.45. The van der Waals surface area contributed by atoms with Crippen molar-refractivity contribution in [1.29, 1.82) is 0 Å². The van der Waals surface area contributed by atoms with Gasteiger partial charge in [0.2, 0.25) is 21.8 Å². The van der Waals surface area contributed by atoms with Crippen LogP contribution in [0.15, 0.2) is 59.6 Å². The number of H-pyrrole nitrogens is 1. The summed E-state index contributed by atoms with van der Waals surface area (Å²) in [4.78, 5) is 29.4. The first kappa shape index (κ1) is 22.0. The Morgan fingerprint density at radius 1 is 0.969 bits per heavy atom. The monoisotopic (exact) mass is 458 g/mol. The van der Waals surface area contributed by atoms with Crippen LogP contribution >= 0.6 is 0 Å². The number of fused-ring (bicyclic) bond motifs is 1. The van der Waals surface area contributed by atoms with Crippen LogP contribution in [0.4, 0.5) is 10.1 Å². The Kier molecular flexibility index (Phi) is 6.24. The molecule has 8 nitrogen and oxygen atoms in total. The van der Waals surface area contributed by atoms with E-state index in [0.29, 0.717) is 5.69 Å². The maximum atomic E-state index is 13.1. The zero-order valence-corrected chi connectivity index (χ0v) is 18.1. The van der Waals surface area contributed by atoms with Crippen LogP contribution in [0, 0.1) is 5.82 Å². The first-order valence-electron chi connectivity index (χ1n) is 10.2. The standard InChI is InChI=1S/C22H23FN4O4S/c23-17-2-5-19(6-3-17)32(30,31)27-13-11-26(12-14-27)22(29)8-7-21(28)25-18-4-1-16-9-10-24-20(16)15-18/h1-6,9-10,15,24H,7-8,11-14H2,(H,25,28). The minimum Gasteiger partial charge on any atom is -0.361 e. The number of sulfonamides is 1. The van der Waals surface area contributed by atoms with E-state index in [9.17, 15) is 22.4 Å². The van der Waals surface area contributed by atoms with E-state index >= 15 is 0 Å². The number of amides is 2. The van der Waals surface area contributed by atoms with E-state index in [4.69, 9.17) is 0 Å². The van der Waals surface area contributed by atoms with Crippen molar-refractivity contribution in [2.75, 3.05) is 31.5 Å². The summed E-state index contributed by atoms with van der Waals surface area (Å²) in [6, 6.07) is 12.1. The van der Waals surface area contributed by atoms with Gasteiger partial charge in [0, 0.05) is 56.4 Å². The number of aromatic nitrogens is 1. The number of aromatic amines is 1. The summed E-state index contributed by atoms with van der Waals surface area (Å²) in [6.45, 7) is 0.774. The molecule has 0 spiro atoms. The maximum Gasteiger partial charge on any atom is 0.243 e. The number of carbonyl (C=O) groups is 2. The summed E-state index contributed by atoms with van der Waals surface area (Å²) < 4.78 is 39.7. The lowest BCUT2D eigenvalue weighted by molar-refractivity contribution is -0.133. The van der Waals surface area contributed by atoms with Gasteiger partial charge in [-0.2, -0.15) is 4.31 Å². The average molecular weight is 459 g/mol. The molecule has 1 aliphatic heterocycles. The Balaban J connectivity index is 1.26. The highest BCUT2D eigenvalue weighted by atomic mass is 32.2. The predicted molar refractivity (Wildman–Crippen MR) is 118 cm³/mol. The Morgan fingerprint density at radius 3 is 2.41 bits per heavy atom. The van der Waals surface area contributed by atoms with E-state index in [1.54, 1.807) is 11.0 Å². The summed E-state index contributed by atoms with van der Waals surface area (Å²) >= 11 is 0. The first-order chi connectivity index (χ1) is 15.3. The molecule has 2 heterocycles. The van der Waals surface area contributed by atoms with Crippen LogP contribution in [0.25, 0.3) is 10.9 Å². The molecule has 1 aliphatic rings. The minimum atomic E-state index is -3.74. The van der Waals surface area contributed by atoms with E-state index in [0.717, 1.165) is 23.0 Å². The van der Waals surface area contributed by atoms with Gasteiger partial charge in [0.05, 0.1) is 4.90 Å². The Morgan fingerprint density at radius 2 is 1.69 bits per heavy atom. The molecule has 2 aromatic carbocycles. The second-order valence-electron chi connectivity index (χ2n) is 7.57. The number of nitrogens with one attached hydrogen (secondary N) is 2. The van der Waals surface area contributed by atoms with Crippen LogP contribution in [0.5, 0.6) is 0 Å². The third kappa shape index (κ3) is 4.81. The number of carbonyl (C=O) groups excluding carboxylic acids is 2. The van der Waals surface area contributed by atoms with Crippen LogP contribution in [0.1, 0.15) is 12.8 Å². The molecule has 32 heavy (non-hydrogen) atoms. The molecule has 1 saturated heterocycles. The number of rotatable bonds is 6. The van der Waals surface area contributed by atoms with E-state index in [2.05, 4.69) is 10.3 Å². The predicted octanol–water partition coefficient (Wildman–Crippen LogP) is 2.56. The fraction of sp³-hybridized carbons (Fsp3) is 0.273. The summed E-state index contributed by atoms with van der Waals surface area (Å²) in [6.07, 6.45) is 1.90. The van der Waals surface area contributed by atoms with Crippen molar-refractivity contribution in [2.24, 2.45) is 0 Å². The maximum absolute atomic E-state index is 13.1.